The molecular weight excluding hydrogens is 180 g/mol. The van der Waals surface area contributed by atoms with Gasteiger partial charge in [-0.05, 0) is 6.92 Å². The van der Waals surface area contributed by atoms with Crippen LogP contribution in [0.2, 0.25) is 0 Å². The lowest BCUT2D eigenvalue weighted by Gasteiger charge is -2.35. The first-order chi connectivity index (χ1) is 6.59. The molecular formula is C9H14N4O. The predicted octanol–water partition coefficient (Wildman–Crippen LogP) is -0.602. The van der Waals surface area contributed by atoms with E-state index in [2.05, 4.69) is 5.10 Å². The number of amides is 1. The first kappa shape index (κ1) is 9.21. The van der Waals surface area contributed by atoms with Crippen LogP contribution in [0.4, 0.5) is 0 Å². The molecule has 1 aromatic rings. The number of likely N-dealkylation sites (tertiary alicyclic amines) is 1. The zero-order valence-corrected chi connectivity index (χ0v) is 8.40. The number of hydrogen-bond acceptors (Lipinski definition) is 3. The minimum atomic E-state index is -0.285. The topological polar surface area (TPSA) is 64.2 Å². The molecule has 1 saturated heterocycles. The van der Waals surface area contributed by atoms with Gasteiger partial charge in [-0.2, -0.15) is 5.10 Å². The lowest BCUT2D eigenvalue weighted by atomic mass is 10.1. The third kappa shape index (κ3) is 1.29. The fourth-order valence-corrected chi connectivity index (χ4v) is 1.58. The molecule has 5 heteroatoms. The summed E-state index contributed by atoms with van der Waals surface area (Å²) in [5.41, 5.74) is 7.68. The average molecular weight is 194 g/mol. The van der Waals surface area contributed by atoms with Crippen molar-refractivity contribution in [1.82, 2.24) is 14.7 Å². The number of nitrogens with two attached hydrogens (primary N) is 1. The highest BCUT2D eigenvalue weighted by molar-refractivity contribution is 5.87. The average Bonchev–Trinajstić information content (AvgIpc) is 2.48. The molecule has 76 valence electrons. The third-order valence-corrected chi connectivity index (χ3v) is 2.74. The number of nitrogens with zero attached hydrogens (tertiary/aromatic N) is 3. The molecule has 1 aliphatic heterocycles. The van der Waals surface area contributed by atoms with Crippen molar-refractivity contribution in [1.29, 1.82) is 0 Å². The first-order valence-electron chi connectivity index (χ1n) is 4.61. The summed E-state index contributed by atoms with van der Waals surface area (Å²) in [7, 11) is 1.89. The minimum Gasteiger partial charge on any atom is -0.335 e. The lowest BCUT2D eigenvalue weighted by molar-refractivity contribution is -0.143. The smallest absolute Gasteiger partial charge is 0.241 e. The minimum absolute atomic E-state index is 0.0354. The van der Waals surface area contributed by atoms with Gasteiger partial charge in [0.05, 0.1) is 6.20 Å². The van der Waals surface area contributed by atoms with Crippen LogP contribution in [0.1, 0.15) is 11.3 Å². The molecule has 0 saturated carbocycles. The first-order valence-corrected chi connectivity index (χ1v) is 4.61. The summed E-state index contributed by atoms with van der Waals surface area (Å²) in [5, 5.41) is 4.12. The normalized spacial score (nSPS) is 21.2. The van der Waals surface area contributed by atoms with Crippen molar-refractivity contribution in [3.05, 3.63) is 17.5 Å². The van der Waals surface area contributed by atoms with Crippen molar-refractivity contribution in [2.45, 2.75) is 19.5 Å². The maximum Gasteiger partial charge on any atom is 0.241 e. The van der Waals surface area contributed by atoms with Gasteiger partial charge in [0.25, 0.3) is 0 Å². The molecule has 1 amide bonds. The maximum absolute atomic E-state index is 11.3. The van der Waals surface area contributed by atoms with Gasteiger partial charge in [0.1, 0.15) is 6.04 Å². The Morgan fingerprint density at radius 2 is 2.43 bits per heavy atom. The number of β-lactam (4-membered cyclic amide) rings is 1. The zero-order chi connectivity index (χ0) is 10.3. The Labute approximate surface area is 82.5 Å². The Bertz CT molecular complexity index is 371. The fraction of sp³-hybridized carbons (Fsp3) is 0.556. The lowest BCUT2D eigenvalue weighted by Crippen LogP contribution is -2.60. The van der Waals surface area contributed by atoms with E-state index >= 15 is 0 Å². The van der Waals surface area contributed by atoms with Gasteiger partial charge in [-0.25, -0.2) is 0 Å². The molecule has 0 radical (unpaired) electrons. The van der Waals surface area contributed by atoms with Gasteiger partial charge < -0.3 is 10.6 Å². The molecule has 14 heavy (non-hydrogen) atoms. The van der Waals surface area contributed by atoms with E-state index in [9.17, 15) is 4.79 Å². The number of hydrogen-bond donors (Lipinski definition) is 1. The van der Waals surface area contributed by atoms with Crippen LogP contribution in [0.25, 0.3) is 0 Å². The third-order valence-electron chi connectivity index (χ3n) is 2.74. The molecule has 5 nitrogen and oxygen atoms in total. The van der Waals surface area contributed by atoms with Crippen molar-refractivity contribution in [2.75, 3.05) is 6.54 Å². The molecule has 1 atom stereocenters. The summed E-state index contributed by atoms with van der Waals surface area (Å²) in [4.78, 5) is 13.0. The van der Waals surface area contributed by atoms with Crippen molar-refractivity contribution < 1.29 is 4.79 Å². The molecule has 0 aromatic carbocycles. The van der Waals surface area contributed by atoms with E-state index in [1.54, 1.807) is 15.8 Å². The summed E-state index contributed by atoms with van der Waals surface area (Å²) in [6, 6.07) is -0.285. The molecule has 1 aromatic heterocycles. The van der Waals surface area contributed by atoms with Crippen LogP contribution in [-0.2, 0) is 18.4 Å². The second-order valence-corrected chi connectivity index (χ2v) is 3.70. The van der Waals surface area contributed by atoms with E-state index in [1.165, 1.54) is 0 Å². The standard InChI is InChI=1S/C9H14N4O/c1-6-7(3-11-12(6)2)4-13-5-8(10)9(13)14/h3,8H,4-5,10H2,1-2H3. The van der Waals surface area contributed by atoms with Crippen LogP contribution in [-0.4, -0.2) is 33.2 Å². The van der Waals surface area contributed by atoms with Crippen molar-refractivity contribution in [2.24, 2.45) is 12.8 Å². The molecule has 1 aliphatic rings. The second-order valence-electron chi connectivity index (χ2n) is 3.70. The highest BCUT2D eigenvalue weighted by Gasteiger charge is 2.33. The number of rotatable bonds is 2. The largest absolute Gasteiger partial charge is 0.335 e. The molecule has 2 rings (SSSR count). The zero-order valence-electron chi connectivity index (χ0n) is 8.40. The Balaban J connectivity index is 2.05. The van der Waals surface area contributed by atoms with Crippen LogP contribution in [0, 0.1) is 6.92 Å². The second kappa shape index (κ2) is 3.09. The molecule has 1 fully saturated rings. The van der Waals surface area contributed by atoms with Gasteiger partial charge in [0, 0.05) is 31.4 Å². The van der Waals surface area contributed by atoms with Gasteiger partial charge in [-0.15, -0.1) is 0 Å². The van der Waals surface area contributed by atoms with Crippen molar-refractivity contribution in [3.63, 3.8) is 0 Å². The van der Waals surface area contributed by atoms with E-state index in [0.717, 1.165) is 11.3 Å². The summed E-state index contributed by atoms with van der Waals surface area (Å²) in [5.74, 6) is 0.0354. The fourth-order valence-electron chi connectivity index (χ4n) is 1.58. The highest BCUT2D eigenvalue weighted by Crippen LogP contribution is 2.15. The van der Waals surface area contributed by atoms with E-state index in [4.69, 9.17) is 5.73 Å². The summed E-state index contributed by atoms with van der Waals surface area (Å²) >= 11 is 0. The summed E-state index contributed by atoms with van der Waals surface area (Å²) in [6.07, 6.45) is 1.80. The van der Waals surface area contributed by atoms with Crippen LogP contribution in [0.3, 0.4) is 0 Å². The van der Waals surface area contributed by atoms with Crippen LogP contribution >= 0.6 is 0 Å². The van der Waals surface area contributed by atoms with E-state index in [0.29, 0.717) is 13.1 Å². The van der Waals surface area contributed by atoms with E-state index < -0.39 is 0 Å². The monoisotopic (exact) mass is 194 g/mol. The van der Waals surface area contributed by atoms with E-state index in [-0.39, 0.29) is 11.9 Å². The van der Waals surface area contributed by atoms with Gasteiger partial charge in [-0.3, -0.25) is 9.48 Å². The quantitative estimate of drug-likeness (QED) is 0.639. The Hall–Kier alpha value is -1.36. The number of carbonyl (C=O) groups is 1. The Morgan fingerprint density at radius 1 is 1.71 bits per heavy atom. The predicted molar refractivity (Wildman–Crippen MR) is 51.3 cm³/mol. The molecule has 1 unspecified atom stereocenters. The Morgan fingerprint density at radius 3 is 2.86 bits per heavy atom. The molecule has 0 bridgehead atoms. The molecule has 0 spiro atoms. The Kier molecular flexibility index (Phi) is 2.03. The summed E-state index contributed by atoms with van der Waals surface area (Å²) in [6.45, 7) is 3.28. The molecule has 0 aliphatic carbocycles. The van der Waals surface area contributed by atoms with Gasteiger partial charge in [-0.1, -0.05) is 0 Å². The summed E-state index contributed by atoms with van der Waals surface area (Å²) < 4.78 is 1.81. The SMILES string of the molecule is Cc1c(CN2CC(N)C2=O)cnn1C. The number of carbonyl (C=O) groups excluding carboxylic acids is 1. The van der Waals surface area contributed by atoms with Crippen LogP contribution in [0.5, 0.6) is 0 Å². The van der Waals surface area contributed by atoms with E-state index in [1.807, 2.05) is 14.0 Å². The van der Waals surface area contributed by atoms with Gasteiger partial charge in [0.2, 0.25) is 5.91 Å². The van der Waals surface area contributed by atoms with Crippen molar-refractivity contribution >= 4 is 5.91 Å². The molecule has 2 N–H and O–H groups in total. The number of aryl methyl sites for hydroxylation is 1. The number of aromatic nitrogens is 2. The van der Waals surface area contributed by atoms with Gasteiger partial charge in [0.15, 0.2) is 0 Å². The molecule has 2 heterocycles. The highest BCUT2D eigenvalue weighted by atomic mass is 16.2. The maximum atomic E-state index is 11.3. The van der Waals surface area contributed by atoms with Gasteiger partial charge >= 0.3 is 0 Å². The van der Waals surface area contributed by atoms with Crippen LogP contribution in [0.15, 0.2) is 6.20 Å². The van der Waals surface area contributed by atoms with Crippen molar-refractivity contribution in [3.8, 4) is 0 Å². The van der Waals surface area contributed by atoms with Crippen LogP contribution < -0.4 is 5.73 Å².